The van der Waals surface area contributed by atoms with Gasteiger partial charge in [0.1, 0.15) is 29.1 Å². The normalized spacial score (nSPS) is 18.1. The average molecular weight is 374 g/mol. The van der Waals surface area contributed by atoms with E-state index in [1.165, 1.54) is 24.3 Å². The first-order valence-electron chi connectivity index (χ1n) is 7.58. The lowest BCUT2D eigenvalue weighted by atomic mass is 9.89. The van der Waals surface area contributed by atoms with Crippen LogP contribution in [0, 0.1) is 10.1 Å². The first-order valence-corrected chi connectivity index (χ1v) is 7.58. The van der Waals surface area contributed by atoms with Gasteiger partial charge in [0.05, 0.1) is 16.1 Å². The molecule has 10 nitrogen and oxygen atoms in total. The van der Waals surface area contributed by atoms with Crippen LogP contribution in [0.3, 0.4) is 0 Å². The van der Waals surface area contributed by atoms with E-state index in [9.17, 15) is 30.2 Å². The van der Waals surface area contributed by atoms with Crippen molar-refractivity contribution in [1.82, 2.24) is 5.48 Å². The SMILES string of the molecule is CC(=O)NOC1(O)C(c2ccccc2[N+](=O)[O-])=COc2cc(O)cc(O)c21. The number of para-hydroxylation sites is 1. The summed E-state index contributed by atoms with van der Waals surface area (Å²) in [5, 5.41) is 42.4. The summed E-state index contributed by atoms with van der Waals surface area (Å²) in [6, 6.07) is 7.51. The molecule has 0 saturated heterocycles. The van der Waals surface area contributed by atoms with Crippen molar-refractivity contribution in [3.8, 4) is 17.2 Å². The molecule has 27 heavy (non-hydrogen) atoms. The van der Waals surface area contributed by atoms with Crippen molar-refractivity contribution in [2.45, 2.75) is 12.7 Å². The van der Waals surface area contributed by atoms with Crippen LogP contribution in [-0.4, -0.2) is 26.2 Å². The van der Waals surface area contributed by atoms with E-state index in [1.54, 1.807) is 0 Å². The van der Waals surface area contributed by atoms with Gasteiger partial charge < -0.3 is 20.1 Å². The van der Waals surface area contributed by atoms with Crippen molar-refractivity contribution >= 4 is 17.2 Å². The van der Waals surface area contributed by atoms with Crippen molar-refractivity contribution in [3.63, 3.8) is 0 Å². The van der Waals surface area contributed by atoms with E-state index >= 15 is 0 Å². The molecule has 0 spiro atoms. The Balaban J connectivity index is 2.24. The van der Waals surface area contributed by atoms with E-state index in [0.29, 0.717) is 0 Å². The average Bonchev–Trinajstić information content (AvgIpc) is 2.59. The number of nitro benzene ring substituents is 1. The topological polar surface area (TPSA) is 151 Å². The number of fused-ring (bicyclic) bond motifs is 1. The lowest BCUT2D eigenvalue weighted by Gasteiger charge is -2.34. The molecule has 2 aromatic carbocycles. The van der Waals surface area contributed by atoms with E-state index in [1.807, 2.05) is 5.48 Å². The second-order valence-corrected chi connectivity index (χ2v) is 5.67. The molecule has 2 aromatic rings. The summed E-state index contributed by atoms with van der Waals surface area (Å²) in [4.78, 5) is 27.1. The fraction of sp³-hybridized carbons (Fsp3) is 0.118. The zero-order valence-corrected chi connectivity index (χ0v) is 13.9. The molecule has 4 N–H and O–H groups in total. The number of hydroxylamine groups is 1. The van der Waals surface area contributed by atoms with Crippen LogP contribution < -0.4 is 10.2 Å². The van der Waals surface area contributed by atoms with Gasteiger partial charge in [-0.3, -0.25) is 14.9 Å². The number of benzene rings is 2. The van der Waals surface area contributed by atoms with Gasteiger partial charge in [-0.2, -0.15) is 0 Å². The standard InChI is InChI=1S/C17H14N2O8/c1-9(20)18-27-17(23)12(11-4-2-3-5-13(11)19(24)25)8-26-15-7-10(21)6-14(22)16(15)17/h2-8,21-23H,1H3,(H,18,20). The summed E-state index contributed by atoms with van der Waals surface area (Å²) in [5.41, 5.74) is 0.953. The highest BCUT2D eigenvalue weighted by Crippen LogP contribution is 2.50. The number of nitro groups is 1. The third-order valence-corrected chi connectivity index (χ3v) is 3.81. The van der Waals surface area contributed by atoms with Gasteiger partial charge in [-0.15, -0.1) is 0 Å². The zero-order chi connectivity index (χ0) is 19.8. The van der Waals surface area contributed by atoms with Gasteiger partial charge >= 0.3 is 0 Å². The van der Waals surface area contributed by atoms with Crippen LogP contribution in [0.5, 0.6) is 17.2 Å². The zero-order valence-electron chi connectivity index (χ0n) is 13.9. The lowest BCUT2D eigenvalue weighted by molar-refractivity contribution is -0.385. The summed E-state index contributed by atoms with van der Waals surface area (Å²) in [6.45, 7) is 1.12. The Morgan fingerprint density at radius 2 is 2.00 bits per heavy atom. The Kier molecular flexibility index (Phi) is 4.44. The number of carbonyl (C=O) groups excluding carboxylic acids is 1. The van der Waals surface area contributed by atoms with Gasteiger partial charge in [0.15, 0.2) is 0 Å². The molecule has 0 saturated carbocycles. The molecule has 1 amide bonds. The quantitative estimate of drug-likeness (QED) is 0.358. The molecule has 0 radical (unpaired) electrons. The molecular weight excluding hydrogens is 360 g/mol. The van der Waals surface area contributed by atoms with Crippen LogP contribution in [-0.2, 0) is 15.4 Å². The van der Waals surface area contributed by atoms with Gasteiger partial charge in [0.2, 0.25) is 5.91 Å². The maximum absolute atomic E-state index is 11.4. The van der Waals surface area contributed by atoms with E-state index in [-0.39, 0.29) is 33.9 Å². The van der Waals surface area contributed by atoms with Crippen LogP contribution in [0.1, 0.15) is 18.1 Å². The minimum Gasteiger partial charge on any atom is -0.508 e. The summed E-state index contributed by atoms with van der Waals surface area (Å²) in [6.07, 6.45) is 0.978. The van der Waals surface area contributed by atoms with E-state index in [4.69, 9.17) is 9.57 Å². The van der Waals surface area contributed by atoms with Crippen molar-refractivity contribution in [2.75, 3.05) is 0 Å². The molecule has 1 heterocycles. The molecule has 0 aromatic heterocycles. The number of aliphatic hydroxyl groups is 1. The van der Waals surface area contributed by atoms with Gasteiger partial charge in [-0.25, -0.2) is 10.3 Å². The molecule has 0 aliphatic carbocycles. The van der Waals surface area contributed by atoms with Gasteiger partial charge in [-0.1, -0.05) is 12.1 Å². The summed E-state index contributed by atoms with van der Waals surface area (Å²) >= 11 is 0. The molecule has 3 rings (SSSR count). The Morgan fingerprint density at radius 1 is 1.30 bits per heavy atom. The maximum atomic E-state index is 11.4. The minimum absolute atomic E-state index is 0.0616. The molecule has 1 aliphatic rings. The fourth-order valence-electron chi connectivity index (χ4n) is 2.72. The molecule has 1 aliphatic heterocycles. The predicted octanol–water partition coefficient (Wildman–Crippen LogP) is 1.65. The molecule has 1 atom stereocenters. The van der Waals surface area contributed by atoms with Gasteiger partial charge in [0, 0.05) is 25.1 Å². The van der Waals surface area contributed by atoms with Crippen molar-refractivity contribution < 1.29 is 34.6 Å². The number of hydrogen-bond donors (Lipinski definition) is 4. The van der Waals surface area contributed by atoms with Crippen molar-refractivity contribution in [2.24, 2.45) is 0 Å². The highest BCUT2D eigenvalue weighted by atomic mass is 16.7. The fourth-order valence-corrected chi connectivity index (χ4v) is 2.72. The Bertz CT molecular complexity index is 971. The van der Waals surface area contributed by atoms with Gasteiger partial charge in [0.25, 0.3) is 11.5 Å². The Hall–Kier alpha value is -3.63. The molecule has 1 unspecified atom stereocenters. The smallest absolute Gasteiger partial charge is 0.277 e. The number of nitrogens with zero attached hydrogens (tertiary/aromatic N) is 1. The van der Waals surface area contributed by atoms with Gasteiger partial charge in [-0.05, 0) is 6.07 Å². The van der Waals surface area contributed by atoms with E-state index in [0.717, 1.165) is 25.3 Å². The Labute approximate surface area is 152 Å². The highest BCUT2D eigenvalue weighted by Gasteiger charge is 2.47. The largest absolute Gasteiger partial charge is 0.508 e. The first-order chi connectivity index (χ1) is 12.7. The summed E-state index contributed by atoms with van der Waals surface area (Å²) < 4.78 is 5.33. The maximum Gasteiger partial charge on any atom is 0.277 e. The lowest BCUT2D eigenvalue weighted by Crippen LogP contribution is -2.40. The monoisotopic (exact) mass is 374 g/mol. The number of amides is 1. The first kappa shape index (κ1) is 18.2. The molecular formula is C17H14N2O8. The second-order valence-electron chi connectivity index (χ2n) is 5.67. The molecule has 0 bridgehead atoms. The molecule has 10 heteroatoms. The van der Waals surface area contributed by atoms with E-state index in [2.05, 4.69) is 0 Å². The number of aromatic hydroxyl groups is 2. The third-order valence-electron chi connectivity index (χ3n) is 3.81. The van der Waals surface area contributed by atoms with Crippen LogP contribution in [0.2, 0.25) is 0 Å². The van der Waals surface area contributed by atoms with Crippen LogP contribution in [0.4, 0.5) is 5.69 Å². The number of phenols is 2. The number of phenolic OH excluding ortho intramolecular Hbond substituents is 2. The second kappa shape index (κ2) is 6.59. The third kappa shape index (κ3) is 3.14. The molecule has 0 fully saturated rings. The van der Waals surface area contributed by atoms with Crippen LogP contribution in [0.15, 0.2) is 42.7 Å². The number of rotatable bonds is 4. The predicted molar refractivity (Wildman–Crippen MR) is 90.3 cm³/mol. The number of hydrogen-bond acceptors (Lipinski definition) is 8. The van der Waals surface area contributed by atoms with E-state index < -0.39 is 22.4 Å². The van der Waals surface area contributed by atoms with Crippen molar-refractivity contribution in [3.05, 3.63) is 63.9 Å². The van der Waals surface area contributed by atoms with Crippen LogP contribution in [0.25, 0.3) is 5.57 Å². The molecule has 140 valence electrons. The number of ether oxygens (including phenoxy) is 1. The Morgan fingerprint density at radius 3 is 2.67 bits per heavy atom. The summed E-state index contributed by atoms with van der Waals surface area (Å²) in [5.74, 6) is -4.33. The minimum atomic E-state index is -2.54. The van der Waals surface area contributed by atoms with Crippen LogP contribution >= 0.6 is 0 Å². The van der Waals surface area contributed by atoms with Crippen molar-refractivity contribution in [1.29, 1.82) is 0 Å². The number of nitrogens with one attached hydrogen (secondary N) is 1. The summed E-state index contributed by atoms with van der Waals surface area (Å²) in [7, 11) is 0. The number of carbonyl (C=O) groups is 1. The highest BCUT2D eigenvalue weighted by molar-refractivity contribution is 5.81.